The topological polar surface area (TPSA) is 60.2 Å². The smallest absolute Gasteiger partial charge is 0.265 e. The maximum absolute atomic E-state index is 12.7. The van der Waals surface area contributed by atoms with E-state index in [2.05, 4.69) is 21.5 Å². The first-order valence-electron chi connectivity index (χ1n) is 9.22. The van der Waals surface area contributed by atoms with Crippen molar-refractivity contribution in [2.45, 2.75) is 53.2 Å². The normalized spacial score (nSPS) is 15.6. The average molecular weight is 377 g/mol. The fourth-order valence-corrected chi connectivity index (χ4v) is 4.56. The van der Waals surface area contributed by atoms with Crippen molar-refractivity contribution in [2.24, 2.45) is 5.92 Å². The van der Waals surface area contributed by atoms with Crippen LogP contribution in [0.25, 0.3) is 0 Å². The van der Waals surface area contributed by atoms with E-state index in [1.807, 2.05) is 24.9 Å². The first kappa shape index (κ1) is 19.0. The summed E-state index contributed by atoms with van der Waals surface area (Å²) in [6, 6.07) is 0. The van der Waals surface area contributed by atoms with Gasteiger partial charge in [0.1, 0.15) is 17.3 Å². The largest absolute Gasteiger partial charge is 0.377 e. The first-order chi connectivity index (χ1) is 12.5. The molecule has 0 spiro atoms. The summed E-state index contributed by atoms with van der Waals surface area (Å²) in [4.78, 5) is 24.3. The Kier molecular flexibility index (Phi) is 6.09. The summed E-state index contributed by atoms with van der Waals surface area (Å²) < 4.78 is 7.49. The van der Waals surface area contributed by atoms with Gasteiger partial charge in [0.15, 0.2) is 0 Å². The number of carbonyl (C=O) groups excluding carboxylic acids is 1. The van der Waals surface area contributed by atoms with Crippen molar-refractivity contribution < 1.29 is 9.53 Å². The van der Waals surface area contributed by atoms with Gasteiger partial charge in [-0.25, -0.2) is 9.97 Å². The van der Waals surface area contributed by atoms with E-state index in [0.29, 0.717) is 12.5 Å². The number of rotatable bonds is 6. The summed E-state index contributed by atoms with van der Waals surface area (Å²) in [6.45, 7) is 9.17. The van der Waals surface area contributed by atoms with Gasteiger partial charge in [-0.3, -0.25) is 4.79 Å². The van der Waals surface area contributed by atoms with E-state index in [4.69, 9.17) is 4.74 Å². The number of carbonyl (C=O) groups is 1. The summed E-state index contributed by atoms with van der Waals surface area (Å²) in [5, 5.41) is 0.961. The van der Waals surface area contributed by atoms with Crippen molar-refractivity contribution in [1.29, 1.82) is 0 Å². The standard InChI is InChI=1S/C19H28N4O2S/c1-13-11-20-17(12-25-4)23(13)10-7-16-5-8-22(9-6-16)19(24)18-14(2)21-15(3)26-18/h11,16H,5-10,12H2,1-4H3. The summed E-state index contributed by atoms with van der Waals surface area (Å²) >= 11 is 1.51. The van der Waals surface area contributed by atoms with E-state index in [1.165, 1.54) is 17.0 Å². The lowest BCUT2D eigenvalue weighted by molar-refractivity contribution is 0.0688. The van der Waals surface area contributed by atoms with Crippen LogP contribution in [0.2, 0.25) is 0 Å². The average Bonchev–Trinajstić information content (AvgIpc) is 3.15. The number of ether oxygens (including phenoxy) is 1. The van der Waals surface area contributed by atoms with Gasteiger partial charge in [-0.15, -0.1) is 11.3 Å². The minimum absolute atomic E-state index is 0.152. The van der Waals surface area contributed by atoms with Gasteiger partial charge in [-0.1, -0.05) is 0 Å². The number of hydrogen-bond acceptors (Lipinski definition) is 5. The fourth-order valence-electron chi connectivity index (χ4n) is 3.67. The third kappa shape index (κ3) is 4.15. The highest BCUT2D eigenvalue weighted by Gasteiger charge is 2.26. The highest BCUT2D eigenvalue weighted by Crippen LogP contribution is 2.25. The number of hydrogen-bond donors (Lipinski definition) is 0. The predicted molar refractivity (Wildman–Crippen MR) is 103 cm³/mol. The van der Waals surface area contributed by atoms with E-state index in [1.54, 1.807) is 7.11 Å². The third-order valence-corrected chi connectivity index (χ3v) is 6.23. The molecule has 0 radical (unpaired) electrons. The van der Waals surface area contributed by atoms with Crippen molar-refractivity contribution >= 4 is 17.2 Å². The van der Waals surface area contributed by atoms with E-state index in [9.17, 15) is 4.79 Å². The molecular weight excluding hydrogens is 348 g/mol. The number of aromatic nitrogens is 3. The molecular formula is C19H28N4O2S. The molecule has 1 fully saturated rings. The van der Waals surface area contributed by atoms with Crippen LogP contribution in [0, 0.1) is 26.7 Å². The molecule has 1 aliphatic heterocycles. The number of imidazole rings is 1. The maximum Gasteiger partial charge on any atom is 0.265 e. The van der Waals surface area contributed by atoms with E-state index < -0.39 is 0 Å². The number of thiazole rings is 1. The molecule has 0 bridgehead atoms. The Hall–Kier alpha value is -1.73. The Balaban J connectivity index is 1.52. The lowest BCUT2D eigenvalue weighted by Crippen LogP contribution is -2.38. The molecule has 0 aromatic carbocycles. The molecule has 26 heavy (non-hydrogen) atoms. The molecule has 0 unspecified atom stereocenters. The molecule has 3 heterocycles. The van der Waals surface area contributed by atoms with Gasteiger partial charge in [-0.05, 0) is 46.0 Å². The number of aryl methyl sites for hydroxylation is 3. The van der Waals surface area contributed by atoms with Crippen LogP contribution in [0.3, 0.4) is 0 Å². The van der Waals surface area contributed by atoms with Gasteiger partial charge < -0.3 is 14.2 Å². The fraction of sp³-hybridized carbons (Fsp3) is 0.632. The Bertz CT molecular complexity index is 760. The molecule has 0 N–H and O–H groups in total. The number of amides is 1. The number of methoxy groups -OCH3 is 1. The third-order valence-electron chi connectivity index (χ3n) is 5.17. The van der Waals surface area contributed by atoms with Crippen molar-refractivity contribution in [3.8, 4) is 0 Å². The van der Waals surface area contributed by atoms with Crippen LogP contribution in [0.15, 0.2) is 6.20 Å². The second kappa shape index (κ2) is 8.31. The molecule has 3 rings (SSSR count). The molecule has 1 amide bonds. The summed E-state index contributed by atoms with van der Waals surface area (Å²) in [6.07, 6.45) is 5.16. The van der Waals surface area contributed by atoms with Crippen molar-refractivity contribution in [1.82, 2.24) is 19.4 Å². The molecule has 2 aromatic rings. The summed E-state index contributed by atoms with van der Waals surface area (Å²) in [5.41, 5.74) is 2.04. The molecule has 1 saturated heterocycles. The Labute approximate surface area is 159 Å². The summed E-state index contributed by atoms with van der Waals surface area (Å²) in [5.74, 6) is 1.80. The van der Waals surface area contributed by atoms with Crippen LogP contribution in [-0.4, -0.2) is 45.5 Å². The zero-order chi connectivity index (χ0) is 18.7. The number of nitrogens with zero attached hydrogens (tertiary/aromatic N) is 4. The van der Waals surface area contributed by atoms with Crippen LogP contribution < -0.4 is 0 Å². The predicted octanol–water partition coefficient (Wildman–Crippen LogP) is 3.35. The number of likely N-dealkylation sites (tertiary alicyclic amines) is 1. The van der Waals surface area contributed by atoms with E-state index in [0.717, 1.165) is 60.3 Å². The summed E-state index contributed by atoms with van der Waals surface area (Å²) in [7, 11) is 1.70. The van der Waals surface area contributed by atoms with E-state index in [-0.39, 0.29) is 5.91 Å². The minimum Gasteiger partial charge on any atom is -0.377 e. The zero-order valence-electron chi connectivity index (χ0n) is 16.1. The molecule has 6 nitrogen and oxygen atoms in total. The van der Waals surface area contributed by atoms with Crippen molar-refractivity contribution in [3.63, 3.8) is 0 Å². The number of piperidine rings is 1. The monoisotopic (exact) mass is 376 g/mol. The van der Waals surface area contributed by atoms with Gasteiger partial charge in [-0.2, -0.15) is 0 Å². The van der Waals surface area contributed by atoms with Gasteiger partial charge in [0.25, 0.3) is 5.91 Å². The molecule has 7 heteroatoms. The first-order valence-corrected chi connectivity index (χ1v) is 10.0. The maximum atomic E-state index is 12.7. The van der Waals surface area contributed by atoms with Crippen LogP contribution in [-0.2, 0) is 17.9 Å². The van der Waals surface area contributed by atoms with Crippen molar-refractivity contribution in [2.75, 3.05) is 20.2 Å². The van der Waals surface area contributed by atoms with Crippen LogP contribution in [0.1, 0.15) is 51.2 Å². The molecule has 142 valence electrons. The Morgan fingerprint density at radius 3 is 2.65 bits per heavy atom. The zero-order valence-corrected chi connectivity index (χ0v) is 16.9. The SMILES string of the molecule is COCc1ncc(C)n1CCC1CCN(C(=O)c2sc(C)nc2C)CC1. The molecule has 1 aliphatic rings. The van der Waals surface area contributed by atoms with Gasteiger partial charge in [0.05, 0.1) is 10.7 Å². The van der Waals surface area contributed by atoms with E-state index >= 15 is 0 Å². The molecule has 0 aliphatic carbocycles. The highest BCUT2D eigenvalue weighted by atomic mass is 32.1. The quantitative estimate of drug-likeness (QED) is 0.776. The van der Waals surface area contributed by atoms with Crippen LogP contribution in [0.5, 0.6) is 0 Å². The van der Waals surface area contributed by atoms with Crippen molar-refractivity contribution in [3.05, 3.63) is 33.3 Å². The van der Waals surface area contributed by atoms with Crippen LogP contribution >= 0.6 is 11.3 Å². The second-order valence-electron chi connectivity index (χ2n) is 7.07. The lowest BCUT2D eigenvalue weighted by Gasteiger charge is -2.32. The molecule has 2 aromatic heterocycles. The second-order valence-corrected chi connectivity index (χ2v) is 8.28. The lowest BCUT2D eigenvalue weighted by atomic mass is 9.93. The van der Waals surface area contributed by atoms with Gasteiger partial charge in [0.2, 0.25) is 0 Å². The minimum atomic E-state index is 0.152. The van der Waals surface area contributed by atoms with Gasteiger partial charge in [0, 0.05) is 38.6 Å². The highest BCUT2D eigenvalue weighted by molar-refractivity contribution is 7.13. The Morgan fingerprint density at radius 1 is 1.31 bits per heavy atom. The molecule has 0 saturated carbocycles. The van der Waals surface area contributed by atoms with Gasteiger partial charge >= 0.3 is 0 Å². The molecule has 0 atom stereocenters. The Morgan fingerprint density at radius 2 is 2.04 bits per heavy atom. The van der Waals surface area contributed by atoms with Crippen LogP contribution in [0.4, 0.5) is 0 Å².